The SMILES string of the molecule is C=CC(=O)CCc1cc2c(NCCOC)nc(-c3c(Cl)c(OC)cc(OC)c3Cl)cc2cn1. The zero-order chi connectivity index (χ0) is 24.0. The molecule has 3 rings (SSSR count). The Kier molecular flexibility index (Phi) is 8.49. The lowest BCUT2D eigenvalue weighted by Crippen LogP contribution is -2.10. The van der Waals surface area contributed by atoms with Crippen molar-refractivity contribution in [3.63, 3.8) is 0 Å². The van der Waals surface area contributed by atoms with Gasteiger partial charge in [-0.2, -0.15) is 0 Å². The number of aromatic nitrogens is 2. The van der Waals surface area contributed by atoms with E-state index in [-0.39, 0.29) is 5.78 Å². The van der Waals surface area contributed by atoms with E-state index < -0.39 is 0 Å². The fourth-order valence-corrected chi connectivity index (χ4v) is 4.02. The van der Waals surface area contributed by atoms with Crippen LogP contribution in [0.4, 0.5) is 5.82 Å². The molecule has 33 heavy (non-hydrogen) atoms. The Hall–Kier alpha value is -2.87. The number of halogens is 2. The number of carbonyl (C=O) groups is 1. The summed E-state index contributed by atoms with van der Waals surface area (Å²) in [7, 11) is 4.67. The van der Waals surface area contributed by atoms with E-state index in [1.807, 2.05) is 12.1 Å². The maximum atomic E-state index is 11.6. The first kappa shape index (κ1) is 24.8. The molecule has 0 atom stereocenters. The van der Waals surface area contributed by atoms with Crippen LogP contribution < -0.4 is 14.8 Å². The lowest BCUT2D eigenvalue weighted by Gasteiger charge is -2.16. The summed E-state index contributed by atoms with van der Waals surface area (Å²) in [6.45, 7) is 4.55. The molecule has 0 saturated carbocycles. The standard InChI is InChI=1S/C24H25Cl2N3O4/c1-5-16(30)7-6-15-11-17-14(13-28-15)10-18(29-24(17)27-8-9-31-2)21-22(25)19(32-3)12-20(33-4)23(21)26/h5,10-13H,1,6-9H2,2-4H3,(H,27,29). The third kappa shape index (κ3) is 5.55. The third-order valence-electron chi connectivity index (χ3n) is 5.05. The molecule has 7 nitrogen and oxygen atoms in total. The Morgan fingerprint density at radius 2 is 1.82 bits per heavy atom. The highest BCUT2D eigenvalue weighted by Gasteiger charge is 2.21. The molecule has 0 aliphatic heterocycles. The summed E-state index contributed by atoms with van der Waals surface area (Å²) >= 11 is 13.2. The fourth-order valence-electron chi connectivity index (χ4n) is 3.32. The van der Waals surface area contributed by atoms with Crippen LogP contribution >= 0.6 is 23.2 Å². The van der Waals surface area contributed by atoms with Crippen LogP contribution in [0.25, 0.3) is 22.0 Å². The predicted octanol–water partition coefficient (Wildman–Crippen LogP) is 5.37. The number of ether oxygens (including phenoxy) is 3. The predicted molar refractivity (Wildman–Crippen MR) is 132 cm³/mol. The van der Waals surface area contributed by atoms with Gasteiger partial charge in [0.15, 0.2) is 5.78 Å². The second-order valence-electron chi connectivity index (χ2n) is 7.13. The number of rotatable bonds is 11. The average molecular weight is 490 g/mol. The Labute approximate surface area is 202 Å². The van der Waals surface area contributed by atoms with Gasteiger partial charge in [-0.1, -0.05) is 29.8 Å². The zero-order valence-electron chi connectivity index (χ0n) is 18.7. The Morgan fingerprint density at radius 3 is 2.42 bits per heavy atom. The molecule has 0 spiro atoms. The van der Waals surface area contributed by atoms with Crippen LogP contribution in [0.3, 0.4) is 0 Å². The van der Waals surface area contributed by atoms with E-state index in [0.717, 1.165) is 16.5 Å². The van der Waals surface area contributed by atoms with Crippen LogP contribution in [0, 0.1) is 0 Å². The highest BCUT2D eigenvalue weighted by Crippen LogP contribution is 2.46. The van der Waals surface area contributed by atoms with Gasteiger partial charge in [-0.3, -0.25) is 9.78 Å². The molecule has 0 unspecified atom stereocenters. The summed E-state index contributed by atoms with van der Waals surface area (Å²) in [5.41, 5.74) is 1.80. The molecular formula is C24H25Cl2N3O4. The van der Waals surface area contributed by atoms with Crippen molar-refractivity contribution in [1.82, 2.24) is 9.97 Å². The number of aryl methyl sites for hydroxylation is 1. The number of allylic oxidation sites excluding steroid dienone is 1. The van der Waals surface area contributed by atoms with Crippen molar-refractivity contribution in [2.75, 3.05) is 39.8 Å². The summed E-state index contributed by atoms with van der Waals surface area (Å²) in [5, 5.41) is 5.63. The highest BCUT2D eigenvalue weighted by molar-refractivity contribution is 6.41. The largest absolute Gasteiger partial charge is 0.495 e. The molecule has 174 valence electrons. The number of fused-ring (bicyclic) bond motifs is 1. The molecule has 0 fully saturated rings. The maximum absolute atomic E-state index is 11.6. The van der Waals surface area contributed by atoms with E-state index in [1.54, 1.807) is 19.4 Å². The lowest BCUT2D eigenvalue weighted by atomic mass is 10.0. The topological polar surface area (TPSA) is 82.6 Å². The van der Waals surface area contributed by atoms with Crippen LogP contribution in [0.5, 0.6) is 11.5 Å². The normalized spacial score (nSPS) is 10.8. The second kappa shape index (κ2) is 11.3. The lowest BCUT2D eigenvalue weighted by molar-refractivity contribution is -0.114. The quantitative estimate of drug-likeness (QED) is 0.286. The number of benzene rings is 1. The Bertz CT molecular complexity index is 1160. The number of nitrogens with zero attached hydrogens (tertiary/aromatic N) is 2. The van der Waals surface area contributed by atoms with Gasteiger partial charge in [-0.05, 0) is 24.6 Å². The minimum Gasteiger partial charge on any atom is -0.495 e. The van der Waals surface area contributed by atoms with Crippen molar-refractivity contribution < 1.29 is 19.0 Å². The molecule has 2 aromatic heterocycles. The number of hydrogen-bond acceptors (Lipinski definition) is 7. The van der Waals surface area contributed by atoms with E-state index in [1.165, 1.54) is 20.3 Å². The molecule has 0 bridgehead atoms. The van der Waals surface area contributed by atoms with Crippen LogP contribution in [0.15, 0.2) is 37.1 Å². The Balaban J connectivity index is 2.16. The van der Waals surface area contributed by atoms with Crippen molar-refractivity contribution in [3.05, 3.63) is 52.8 Å². The van der Waals surface area contributed by atoms with Gasteiger partial charge in [0.2, 0.25) is 0 Å². The van der Waals surface area contributed by atoms with Gasteiger partial charge in [0.05, 0.1) is 36.6 Å². The number of nitrogens with one attached hydrogen (secondary N) is 1. The van der Waals surface area contributed by atoms with E-state index in [4.69, 9.17) is 42.4 Å². The molecule has 0 saturated heterocycles. The molecule has 2 heterocycles. The third-order valence-corrected chi connectivity index (χ3v) is 5.81. The van der Waals surface area contributed by atoms with E-state index in [2.05, 4.69) is 16.9 Å². The minimum atomic E-state index is -0.0277. The van der Waals surface area contributed by atoms with Gasteiger partial charge in [-0.25, -0.2) is 4.98 Å². The van der Waals surface area contributed by atoms with Gasteiger partial charge >= 0.3 is 0 Å². The summed E-state index contributed by atoms with van der Waals surface area (Å²) in [5.74, 6) is 1.43. The van der Waals surface area contributed by atoms with Gasteiger partial charge in [0.25, 0.3) is 0 Å². The van der Waals surface area contributed by atoms with Crippen LogP contribution in [-0.2, 0) is 16.0 Å². The molecule has 0 aliphatic rings. The second-order valence-corrected chi connectivity index (χ2v) is 7.88. The molecule has 1 aromatic carbocycles. The van der Waals surface area contributed by atoms with Crippen molar-refractivity contribution >= 4 is 45.6 Å². The molecule has 3 aromatic rings. The Morgan fingerprint density at radius 1 is 1.12 bits per heavy atom. The number of anilines is 1. The van der Waals surface area contributed by atoms with Gasteiger partial charge in [-0.15, -0.1) is 0 Å². The summed E-state index contributed by atoms with van der Waals surface area (Å²) in [4.78, 5) is 21.0. The van der Waals surface area contributed by atoms with Crippen molar-refractivity contribution in [2.45, 2.75) is 12.8 Å². The number of carbonyl (C=O) groups excluding carboxylic acids is 1. The molecule has 9 heteroatoms. The number of hydrogen-bond donors (Lipinski definition) is 1. The van der Waals surface area contributed by atoms with Gasteiger partial charge < -0.3 is 19.5 Å². The average Bonchev–Trinajstić information content (AvgIpc) is 2.83. The number of ketones is 1. The zero-order valence-corrected chi connectivity index (χ0v) is 20.2. The first-order valence-corrected chi connectivity index (χ1v) is 11.0. The molecule has 0 amide bonds. The smallest absolute Gasteiger partial charge is 0.155 e. The molecule has 1 N–H and O–H groups in total. The van der Waals surface area contributed by atoms with Crippen molar-refractivity contribution in [2.24, 2.45) is 0 Å². The minimum absolute atomic E-state index is 0.0277. The van der Waals surface area contributed by atoms with E-state index in [9.17, 15) is 4.79 Å². The monoisotopic (exact) mass is 489 g/mol. The van der Waals surface area contributed by atoms with E-state index >= 15 is 0 Å². The van der Waals surface area contributed by atoms with Crippen LogP contribution in [-0.4, -0.2) is 50.2 Å². The number of methoxy groups -OCH3 is 3. The maximum Gasteiger partial charge on any atom is 0.155 e. The highest BCUT2D eigenvalue weighted by atomic mass is 35.5. The summed E-state index contributed by atoms with van der Waals surface area (Å²) in [6.07, 6.45) is 3.91. The first-order valence-electron chi connectivity index (χ1n) is 10.2. The van der Waals surface area contributed by atoms with Gasteiger partial charge in [0.1, 0.15) is 17.3 Å². The fraction of sp³-hybridized carbons (Fsp3) is 0.292. The van der Waals surface area contributed by atoms with Gasteiger partial charge in [0, 0.05) is 54.4 Å². The summed E-state index contributed by atoms with van der Waals surface area (Å²) in [6, 6.07) is 5.41. The van der Waals surface area contributed by atoms with Crippen molar-refractivity contribution in [1.29, 1.82) is 0 Å². The first-order chi connectivity index (χ1) is 15.9. The summed E-state index contributed by atoms with van der Waals surface area (Å²) < 4.78 is 16.0. The van der Waals surface area contributed by atoms with Crippen LogP contribution in [0.2, 0.25) is 10.0 Å². The van der Waals surface area contributed by atoms with E-state index in [0.29, 0.717) is 64.6 Å². The van der Waals surface area contributed by atoms with Crippen molar-refractivity contribution in [3.8, 4) is 22.8 Å². The van der Waals surface area contributed by atoms with Crippen LogP contribution in [0.1, 0.15) is 12.1 Å². The molecular weight excluding hydrogens is 465 g/mol. The molecule has 0 aliphatic carbocycles. The number of pyridine rings is 2. The molecule has 0 radical (unpaired) electrons.